The average molecular weight is 286 g/mol. The number of aliphatic hydroxyl groups is 1. The second-order valence-corrected chi connectivity index (χ2v) is 5.25. The first kappa shape index (κ1) is 15.0. The molecule has 1 aromatic carbocycles. The normalized spacial score (nSPS) is 18.8. The molecule has 110 valence electrons. The quantitative estimate of drug-likeness (QED) is 0.857. The summed E-state index contributed by atoms with van der Waals surface area (Å²) in [5.74, 6) is -1.04. The van der Waals surface area contributed by atoms with Crippen LogP contribution in [0.25, 0.3) is 0 Å². The van der Waals surface area contributed by atoms with Gasteiger partial charge < -0.3 is 5.11 Å². The molecule has 5 heteroatoms. The van der Waals surface area contributed by atoms with Crippen LogP contribution in [-0.4, -0.2) is 17.0 Å². The average Bonchev–Trinajstić information content (AvgIpc) is 2.46. The second-order valence-electron chi connectivity index (χ2n) is 5.25. The van der Waals surface area contributed by atoms with Gasteiger partial charge in [0, 0.05) is 5.56 Å². The minimum atomic E-state index is -4.58. The van der Waals surface area contributed by atoms with Crippen LogP contribution in [-0.2, 0) is 6.18 Å². The van der Waals surface area contributed by atoms with Crippen LogP contribution in [0.15, 0.2) is 24.3 Å². The van der Waals surface area contributed by atoms with E-state index in [1.165, 1.54) is 12.1 Å². The molecule has 1 aliphatic rings. The summed E-state index contributed by atoms with van der Waals surface area (Å²) in [5.41, 5.74) is -1.40. The molecule has 0 bridgehead atoms. The third kappa shape index (κ3) is 3.20. The summed E-state index contributed by atoms with van der Waals surface area (Å²) < 4.78 is 38.6. The predicted molar refractivity (Wildman–Crippen MR) is 68.4 cm³/mol. The van der Waals surface area contributed by atoms with Crippen molar-refractivity contribution in [2.24, 2.45) is 5.92 Å². The van der Waals surface area contributed by atoms with Crippen molar-refractivity contribution in [2.45, 2.75) is 44.4 Å². The number of carbonyl (C=O) groups excluding carboxylic acids is 1. The van der Waals surface area contributed by atoms with E-state index < -0.39 is 29.2 Å². The number of halogens is 3. The van der Waals surface area contributed by atoms with Gasteiger partial charge in [-0.05, 0) is 24.8 Å². The molecule has 0 aliphatic heterocycles. The zero-order chi connectivity index (χ0) is 14.8. The van der Waals surface area contributed by atoms with Crippen LogP contribution in [0.4, 0.5) is 13.2 Å². The Morgan fingerprint density at radius 2 is 1.75 bits per heavy atom. The van der Waals surface area contributed by atoms with E-state index in [4.69, 9.17) is 0 Å². The van der Waals surface area contributed by atoms with E-state index in [1.807, 2.05) is 0 Å². The van der Waals surface area contributed by atoms with Crippen molar-refractivity contribution in [1.82, 2.24) is 0 Å². The van der Waals surface area contributed by atoms with E-state index in [1.54, 1.807) is 0 Å². The SMILES string of the molecule is O=C(c1ccccc1C(F)(F)F)C(O)C1CCCCC1. The Hall–Kier alpha value is -1.36. The van der Waals surface area contributed by atoms with Gasteiger partial charge in [0.2, 0.25) is 0 Å². The molecule has 2 nitrogen and oxygen atoms in total. The van der Waals surface area contributed by atoms with Gasteiger partial charge in [0.05, 0.1) is 5.56 Å². The Bertz CT molecular complexity index is 476. The lowest BCUT2D eigenvalue weighted by Gasteiger charge is -2.26. The third-order valence-electron chi connectivity index (χ3n) is 3.86. The number of rotatable bonds is 3. The minimum absolute atomic E-state index is 0.225. The summed E-state index contributed by atoms with van der Waals surface area (Å²) in [6.07, 6.45) is -1.65. The van der Waals surface area contributed by atoms with Gasteiger partial charge in [-0.15, -0.1) is 0 Å². The van der Waals surface area contributed by atoms with Gasteiger partial charge in [-0.25, -0.2) is 0 Å². The maximum Gasteiger partial charge on any atom is 0.417 e. The highest BCUT2D eigenvalue weighted by Gasteiger charge is 2.37. The van der Waals surface area contributed by atoms with E-state index >= 15 is 0 Å². The summed E-state index contributed by atoms with van der Waals surface area (Å²) in [4.78, 5) is 12.2. The smallest absolute Gasteiger partial charge is 0.385 e. The second kappa shape index (κ2) is 5.95. The predicted octanol–water partition coefficient (Wildman–Crippen LogP) is 3.83. The maximum atomic E-state index is 12.9. The molecular formula is C15H17F3O2. The third-order valence-corrected chi connectivity index (χ3v) is 3.86. The summed E-state index contributed by atoms with van der Waals surface area (Å²) in [5, 5.41) is 10.1. The zero-order valence-electron chi connectivity index (χ0n) is 11.0. The van der Waals surface area contributed by atoms with Gasteiger partial charge in [-0.2, -0.15) is 13.2 Å². The Morgan fingerprint density at radius 3 is 2.35 bits per heavy atom. The fourth-order valence-electron chi connectivity index (χ4n) is 2.77. The van der Waals surface area contributed by atoms with Crippen molar-refractivity contribution in [2.75, 3.05) is 0 Å². The fourth-order valence-corrected chi connectivity index (χ4v) is 2.77. The molecular weight excluding hydrogens is 269 g/mol. The monoisotopic (exact) mass is 286 g/mol. The van der Waals surface area contributed by atoms with Gasteiger partial charge in [-0.3, -0.25) is 4.79 Å². The largest absolute Gasteiger partial charge is 0.417 e. The Morgan fingerprint density at radius 1 is 1.15 bits per heavy atom. The Labute approximate surface area is 115 Å². The highest BCUT2D eigenvalue weighted by Crippen LogP contribution is 2.34. The highest BCUT2D eigenvalue weighted by molar-refractivity contribution is 6.00. The molecule has 0 heterocycles. The molecule has 1 saturated carbocycles. The number of ketones is 1. The van der Waals surface area contributed by atoms with Gasteiger partial charge in [-0.1, -0.05) is 37.5 Å². The Balaban J connectivity index is 2.24. The number of hydrogen-bond acceptors (Lipinski definition) is 2. The van der Waals surface area contributed by atoms with E-state index in [0.717, 1.165) is 31.4 Å². The molecule has 0 aromatic heterocycles. The zero-order valence-corrected chi connectivity index (χ0v) is 11.0. The van der Waals surface area contributed by atoms with E-state index in [2.05, 4.69) is 0 Å². The molecule has 2 rings (SSSR count). The maximum absolute atomic E-state index is 12.9. The lowest BCUT2D eigenvalue weighted by Crippen LogP contribution is -2.32. The van der Waals surface area contributed by atoms with Crippen molar-refractivity contribution in [1.29, 1.82) is 0 Å². The summed E-state index contributed by atoms with van der Waals surface area (Å²) in [6.45, 7) is 0. The lowest BCUT2D eigenvalue weighted by atomic mass is 9.82. The molecule has 1 aromatic rings. The van der Waals surface area contributed by atoms with Crippen LogP contribution in [0.2, 0.25) is 0 Å². The molecule has 1 atom stereocenters. The molecule has 0 radical (unpaired) electrons. The van der Waals surface area contributed by atoms with Crippen molar-refractivity contribution in [3.63, 3.8) is 0 Å². The minimum Gasteiger partial charge on any atom is -0.385 e. The molecule has 0 amide bonds. The number of Topliss-reactive ketones (excluding diaryl/α,β-unsaturated/α-hetero) is 1. The summed E-state index contributed by atoms with van der Waals surface area (Å²) in [7, 11) is 0. The number of benzene rings is 1. The summed E-state index contributed by atoms with van der Waals surface area (Å²) in [6, 6.07) is 4.64. The van der Waals surface area contributed by atoms with E-state index in [0.29, 0.717) is 12.8 Å². The van der Waals surface area contributed by atoms with Crippen molar-refractivity contribution in [3.05, 3.63) is 35.4 Å². The van der Waals surface area contributed by atoms with E-state index in [-0.39, 0.29) is 5.92 Å². The molecule has 1 fully saturated rings. The first-order chi connectivity index (χ1) is 9.41. The molecule has 1 N–H and O–H groups in total. The van der Waals surface area contributed by atoms with Crippen LogP contribution in [0.3, 0.4) is 0 Å². The molecule has 0 saturated heterocycles. The number of alkyl halides is 3. The number of hydrogen-bond donors (Lipinski definition) is 1. The van der Waals surface area contributed by atoms with Gasteiger partial charge in [0.15, 0.2) is 5.78 Å². The highest BCUT2D eigenvalue weighted by atomic mass is 19.4. The molecule has 20 heavy (non-hydrogen) atoms. The van der Waals surface area contributed by atoms with Crippen molar-refractivity contribution >= 4 is 5.78 Å². The lowest BCUT2D eigenvalue weighted by molar-refractivity contribution is -0.138. The standard InChI is InChI=1S/C15H17F3O2/c16-15(17,18)12-9-5-4-8-11(12)14(20)13(19)10-6-2-1-3-7-10/h4-5,8-10,13,19H,1-3,6-7H2. The van der Waals surface area contributed by atoms with Crippen molar-refractivity contribution in [3.8, 4) is 0 Å². The molecule has 1 aliphatic carbocycles. The van der Waals surface area contributed by atoms with Gasteiger partial charge >= 0.3 is 6.18 Å². The number of aliphatic hydroxyl groups excluding tert-OH is 1. The van der Waals surface area contributed by atoms with Crippen molar-refractivity contribution < 1.29 is 23.1 Å². The van der Waals surface area contributed by atoms with Crippen LogP contribution in [0.1, 0.15) is 48.0 Å². The van der Waals surface area contributed by atoms with E-state index in [9.17, 15) is 23.1 Å². The summed E-state index contributed by atoms with van der Waals surface area (Å²) >= 11 is 0. The molecule has 0 spiro atoms. The van der Waals surface area contributed by atoms with Crippen LogP contribution in [0.5, 0.6) is 0 Å². The van der Waals surface area contributed by atoms with Crippen LogP contribution in [0, 0.1) is 5.92 Å². The van der Waals surface area contributed by atoms with Crippen LogP contribution >= 0.6 is 0 Å². The molecule has 1 unspecified atom stereocenters. The van der Waals surface area contributed by atoms with Gasteiger partial charge in [0.25, 0.3) is 0 Å². The first-order valence-electron chi connectivity index (χ1n) is 6.80. The topological polar surface area (TPSA) is 37.3 Å². The number of carbonyl (C=O) groups is 1. The Kier molecular flexibility index (Phi) is 4.48. The first-order valence-corrected chi connectivity index (χ1v) is 6.80. The van der Waals surface area contributed by atoms with Crippen LogP contribution < -0.4 is 0 Å². The van der Waals surface area contributed by atoms with Gasteiger partial charge in [0.1, 0.15) is 6.10 Å². The fraction of sp³-hybridized carbons (Fsp3) is 0.533.